The maximum atomic E-state index is 10.6. The molecule has 0 unspecified atom stereocenters. The van der Waals surface area contributed by atoms with Gasteiger partial charge in [0.05, 0.1) is 12.1 Å². The zero-order valence-corrected chi connectivity index (χ0v) is 11.2. The van der Waals surface area contributed by atoms with Gasteiger partial charge in [-0.05, 0) is 25.1 Å². The molecule has 2 rings (SSSR count). The van der Waals surface area contributed by atoms with E-state index in [0.717, 1.165) is 17.0 Å². The van der Waals surface area contributed by atoms with E-state index in [1.54, 1.807) is 12.1 Å². The van der Waals surface area contributed by atoms with Crippen LogP contribution in [-0.4, -0.2) is 21.0 Å². The van der Waals surface area contributed by atoms with Gasteiger partial charge in [0.25, 0.3) is 0 Å². The van der Waals surface area contributed by atoms with Crippen molar-refractivity contribution in [1.29, 1.82) is 0 Å². The fourth-order valence-electron chi connectivity index (χ4n) is 1.73. The van der Waals surface area contributed by atoms with Crippen LogP contribution in [0.25, 0.3) is 11.3 Å². The number of halogens is 1. The third kappa shape index (κ3) is 3.76. The van der Waals surface area contributed by atoms with Crippen LogP contribution in [0.4, 0.5) is 0 Å². The fraction of sp³-hybridized carbons (Fsp3) is 0.214. The van der Waals surface area contributed by atoms with E-state index in [0.29, 0.717) is 17.3 Å². The van der Waals surface area contributed by atoms with Crippen LogP contribution in [0.2, 0.25) is 5.02 Å². The summed E-state index contributed by atoms with van der Waals surface area (Å²) < 4.78 is 0. The van der Waals surface area contributed by atoms with Gasteiger partial charge in [-0.1, -0.05) is 23.7 Å². The predicted molar refractivity (Wildman–Crippen MR) is 73.2 cm³/mol. The van der Waals surface area contributed by atoms with Crippen molar-refractivity contribution in [3.05, 3.63) is 46.9 Å². The predicted octanol–water partition coefficient (Wildman–Crippen LogP) is 3.12. The number of carbonyl (C=O) groups is 1. The maximum Gasteiger partial charge on any atom is 0.303 e. The molecule has 0 aliphatic carbocycles. The number of rotatable bonds is 4. The number of carboxylic acids is 1. The molecule has 0 saturated carbocycles. The average Bonchev–Trinajstić information content (AvgIpc) is 2.36. The van der Waals surface area contributed by atoms with Crippen molar-refractivity contribution in [3.63, 3.8) is 0 Å². The summed E-state index contributed by atoms with van der Waals surface area (Å²) in [6.07, 6.45) is 0.362. The van der Waals surface area contributed by atoms with Gasteiger partial charge in [0.2, 0.25) is 0 Å². The molecule has 1 heterocycles. The Hall–Kier alpha value is -1.94. The highest BCUT2D eigenvalue weighted by molar-refractivity contribution is 6.30. The molecule has 19 heavy (non-hydrogen) atoms. The summed E-state index contributed by atoms with van der Waals surface area (Å²) in [4.78, 5) is 19.2. The normalized spacial score (nSPS) is 10.4. The molecular formula is C14H13ClN2O2. The van der Waals surface area contributed by atoms with Crippen LogP contribution in [0, 0.1) is 6.92 Å². The van der Waals surface area contributed by atoms with Crippen LogP contribution in [0.3, 0.4) is 0 Å². The first kappa shape index (κ1) is 13.5. The van der Waals surface area contributed by atoms with Gasteiger partial charge < -0.3 is 5.11 Å². The first-order valence-corrected chi connectivity index (χ1v) is 6.24. The van der Waals surface area contributed by atoms with Crippen LogP contribution < -0.4 is 0 Å². The molecule has 4 nitrogen and oxygen atoms in total. The molecule has 1 aromatic heterocycles. The summed E-state index contributed by atoms with van der Waals surface area (Å²) in [5, 5.41) is 9.36. The molecule has 5 heteroatoms. The number of carboxylic acid groups (broad SMARTS) is 1. The van der Waals surface area contributed by atoms with Crippen molar-refractivity contribution in [2.45, 2.75) is 19.8 Å². The summed E-state index contributed by atoms with van der Waals surface area (Å²) in [5.41, 5.74) is 2.54. The molecule has 2 aromatic rings. The van der Waals surface area contributed by atoms with Crippen molar-refractivity contribution in [2.24, 2.45) is 0 Å². The highest BCUT2D eigenvalue weighted by Crippen LogP contribution is 2.20. The first-order valence-electron chi connectivity index (χ1n) is 5.87. The standard InChI is InChI=1S/C14H13ClN2O2/c1-9-8-12(10-2-4-11(15)5-3-10)17-13(16-9)6-7-14(18)19/h2-5,8H,6-7H2,1H3,(H,18,19). The van der Waals surface area contributed by atoms with E-state index < -0.39 is 5.97 Å². The molecule has 0 aliphatic rings. The zero-order chi connectivity index (χ0) is 13.8. The van der Waals surface area contributed by atoms with Crippen molar-refractivity contribution in [1.82, 2.24) is 9.97 Å². The number of nitrogens with zero attached hydrogens (tertiary/aromatic N) is 2. The Bertz CT molecular complexity index is 597. The van der Waals surface area contributed by atoms with Gasteiger partial charge in [0.1, 0.15) is 5.82 Å². The fourth-order valence-corrected chi connectivity index (χ4v) is 1.86. The SMILES string of the molecule is Cc1cc(-c2ccc(Cl)cc2)nc(CCC(=O)O)n1. The van der Waals surface area contributed by atoms with Crippen molar-refractivity contribution in [2.75, 3.05) is 0 Å². The van der Waals surface area contributed by atoms with E-state index in [2.05, 4.69) is 9.97 Å². The minimum Gasteiger partial charge on any atom is -0.481 e. The average molecular weight is 277 g/mol. The minimum atomic E-state index is -0.849. The van der Waals surface area contributed by atoms with E-state index in [-0.39, 0.29) is 6.42 Å². The van der Waals surface area contributed by atoms with Crippen LogP contribution in [-0.2, 0) is 11.2 Å². The summed E-state index contributed by atoms with van der Waals surface area (Å²) in [6, 6.07) is 9.22. The van der Waals surface area contributed by atoms with Gasteiger partial charge in [0, 0.05) is 22.7 Å². The van der Waals surface area contributed by atoms with Crippen molar-refractivity contribution < 1.29 is 9.90 Å². The third-order valence-electron chi connectivity index (χ3n) is 2.60. The zero-order valence-electron chi connectivity index (χ0n) is 10.4. The van der Waals surface area contributed by atoms with Gasteiger partial charge in [-0.25, -0.2) is 9.97 Å². The molecule has 0 atom stereocenters. The quantitative estimate of drug-likeness (QED) is 0.932. The smallest absolute Gasteiger partial charge is 0.303 e. The lowest BCUT2D eigenvalue weighted by atomic mass is 10.1. The van der Waals surface area contributed by atoms with Crippen LogP contribution in [0.1, 0.15) is 17.9 Å². The monoisotopic (exact) mass is 276 g/mol. The van der Waals surface area contributed by atoms with E-state index in [1.807, 2.05) is 25.1 Å². The van der Waals surface area contributed by atoms with Crippen molar-refractivity contribution >= 4 is 17.6 Å². The van der Waals surface area contributed by atoms with Gasteiger partial charge >= 0.3 is 5.97 Å². The highest BCUT2D eigenvalue weighted by Gasteiger charge is 2.06. The van der Waals surface area contributed by atoms with Gasteiger partial charge in [0.15, 0.2) is 0 Å². The second-order valence-electron chi connectivity index (χ2n) is 4.21. The Kier molecular flexibility index (Phi) is 4.12. The molecule has 0 amide bonds. The lowest BCUT2D eigenvalue weighted by Gasteiger charge is -2.05. The lowest BCUT2D eigenvalue weighted by molar-refractivity contribution is -0.137. The molecule has 0 bridgehead atoms. The van der Waals surface area contributed by atoms with E-state index >= 15 is 0 Å². The minimum absolute atomic E-state index is 0.0313. The van der Waals surface area contributed by atoms with Gasteiger partial charge in [-0.15, -0.1) is 0 Å². The molecule has 0 spiro atoms. The van der Waals surface area contributed by atoms with Crippen LogP contribution >= 0.6 is 11.6 Å². The Morgan fingerprint density at radius 1 is 1.26 bits per heavy atom. The Labute approximate surface area is 116 Å². The molecule has 98 valence electrons. The Morgan fingerprint density at radius 2 is 1.95 bits per heavy atom. The molecule has 0 aliphatic heterocycles. The summed E-state index contributed by atoms with van der Waals surface area (Å²) in [5.74, 6) is -0.300. The molecule has 0 fully saturated rings. The van der Waals surface area contributed by atoms with Crippen LogP contribution in [0.5, 0.6) is 0 Å². The topological polar surface area (TPSA) is 63.1 Å². The summed E-state index contributed by atoms with van der Waals surface area (Å²) >= 11 is 5.85. The number of aromatic nitrogens is 2. The van der Waals surface area contributed by atoms with Gasteiger partial charge in [-0.3, -0.25) is 4.79 Å². The Morgan fingerprint density at radius 3 is 2.58 bits per heavy atom. The third-order valence-corrected chi connectivity index (χ3v) is 2.85. The highest BCUT2D eigenvalue weighted by atomic mass is 35.5. The molecule has 1 N–H and O–H groups in total. The summed E-state index contributed by atoms with van der Waals surface area (Å²) in [7, 11) is 0. The largest absolute Gasteiger partial charge is 0.481 e. The van der Waals surface area contributed by atoms with Crippen LogP contribution in [0.15, 0.2) is 30.3 Å². The number of hydrogen-bond donors (Lipinski definition) is 1. The Balaban J connectivity index is 2.30. The van der Waals surface area contributed by atoms with E-state index in [1.165, 1.54) is 0 Å². The maximum absolute atomic E-state index is 10.6. The van der Waals surface area contributed by atoms with Gasteiger partial charge in [-0.2, -0.15) is 0 Å². The molecule has 0 saturated heterocycles. The lowest BCUT2D eigenvalue weighted by Crippen LogP contribution is -2.03. The number of benzene rings is 1. The number of aryl methyl sites for hydroxylation is 2. The number of hydrogen-bond acceptors (Lipinski definition) is 3. The summed E-state index contributed by atoms with van der Waals surface area (Å²) in [6.45, 7) is 1.87. The number of aliphatic carboxylic acids is 1. The first-order chi connectivity index (χ1) is 9.04. The molecular weight excluding hydrogens is 264 g/mol. The van der Waals surface area contributed by atoms with Crippen molar-refractivity contribution in [3.8, 4) is 11.3 Å². The second kappa shape index (κ2) is 5.80. The molecule has 0 radical (unpaired) electrons. The second-order valence-corrected chi connectivity index (χ2v) is 4.65. The van der Waals surface area contributed by atoms with E-state index in [9.17, 15) is 4.79 Å². The molecule has 1 aromatic carbocycles. The van der Waals surface area contributed by atoms with E-state index in [4.69, 9.17) is 16.7 Å².